The summed E-state index contributed by atoms with van der Waals surface area (Å²) in [5.41, 5.74) is 0.980. The first-order valence-corrected chi connectivity index (χ1v) is 4.55. The summed E-state index contributed by atoms with van der Waals surface area (Å²) in [5, 5.41) is 19.2. The molecular weight excluding hydrogens is 152 g/mol. The van der Waals surface area contributed by atoms with Crippen LogP contribution >= 0.6 is 0 Å². The standard InChI is InChI=1S/C10H18O2/c1-6(2)8-5-4-7(3)9(11)10(8)12/h7-12H,1,4-5H2,2-3H3/t7-,8+,9-,10+/m1/s1. The molecule has 1 aliphatic rings. The van der Waals surface area contributed by atoms with Gasteiger partial charge in [-0.15, -0.1) is 0 Å². The highest BCUT2D eigenvalue weighted by molar-refractivity contribution is 5.03. The highest BCUT2D eigenvalue weighted by Crippen LogP contribution is 2.32. The molecule has 2 N–H and O–H groups in total. The molecule has 1 saturated carbocycles. The number of hydrogen-bond donors (Lipinski definition) is 2. The molecule has 12 heavy (non-hydrogen) atoms. The van der Waals surface area contributed by atoms with Gasteiger partial charge in [-0.3, -0.25) is 0 Å². The molecule has 1 fully saturated rings. The van der Waals surface area contributed by atoms with Crippen LogP contribution in [0.15, 0.2) is 12.2 Å². The van der Waals surface area contributed by atoms with Gasteiger partial charge in [0.25, 0.3) is 0 Å². The molecule has 0 aliphatic heterocycles. The monoisotopic (exact) mass is 170 g/mol. The lowest BCUT2D eigenvalue weighted by atomic mass is 9.76. The fourth-order valence-corrected chi connectivity index (χ4v) is 1.90. The van der Waals surface area contributed by atoms with Crippen LogP contribution in [0.5, 0.6) is 0 Å². The highest BCUT2D eigenvalue weighted by atomic mass is 16.3. The van der Waals surface area contributed by atoms with Crippen LogP contribution in [0.4, 0.5) is 0 Å². The van der Waals surface area contributed by atoms with E-state index in [1.54, 1.807) is 0 Å². The molecule has 2 nitrogen and oxygen atoms in total. The molecule has 2 heteroatoms. The first-order valence-electron chi connectivity index (χ1n) is 4.55. The van der Waals surface area contributed by atoms with E-state index in [1.807, 2.05) is 13.8 Å². The van der Waals surface area contributed by atoms with Gasteiger partial charge in [0.15, 0.2) is 0 Å². The summed E-state index contributed by atoms with van der Waals surface area (Å²) in [6.07, 6.45) is 0.761. The highest BCUT2D eigenvalue weighted by Gasteiger charge is 2.35. The third-order valence-electron chi connectivity index (χ3n) is 2.91. The van der Waals surface area contributed by atoms with Gasteiger partial charge < -0.3 is 10.2 Å². The van der Waals surface area contributed by atoms with Crippen molar-refractivity contribution < 1.29 is 10.2 Å². The lowest BCUT2D eigenvalue weighted by molar-refractivity contribution is -0.0625. The maximum Gasteiger partial charge on any atom is 0.0866 e. The summed E-state index contributed by atoms with van der Waals surface area (Å²) < 4.78 is 0. The van der Waals surface area contributed by atoms with Crippen molar-refractivity contribution in [1.82, 2.24) is 0 Å². The average Bonchev–Trinajstić information content (AvgIpc) is 2.00. The number of rotatable bonds is 1. The van der Waals surface area contributed by atoms with Gasteiger partial charge in [0.05, 0.1) is 12.2 Å². The lowest BCUT2D eigenvalue weighted by Gasteiger charge is -2.36. The SMILES string of the molecule is C=C(C)[C@@H]1CC[C@@H](C)[C@@H](O)[C@H]1O. The Kier molecular flexibility index (Phi) is 2.91. The van der Waals surface area contributed by atoms with Crippen molar-refractivity contribution in [3.63, 3.8) is 0 Å². The third-order valence-corrected chi connectivity index (χ3v) is 2.91. The molecule has 0 saturated heterocycles. The largest absolute Gasteiger partial charge is 0.390 e. The number of aliphatic hydroxyl groups excluding tert-OH is 2. The fraction of sp³-hybridized carbons (Fsp3) is 0.800. The number of hydrogen-bond acceptors (Lipinski definition) is 2. The molecule has 0 amide bonds. The van der Waals surface area contributed by atoms with Crippen molar-refractivity contribution in [1.29, 1.82) is 0 Å². The van der Waals surface area contributed by atoms with Crippen LogP contribution < -0.4 is 0 Å². The Morgan fingerprint density at radius 2 is 1.83 bits per heavy atom. The minimum atomic E-state index is -0.605. The fourth-order valence-electron chi connectivity index (χ4n) is 1.90. The molecule has 0 aromatic rings. The molecule has 0 aromatic carbocycles. The Balaban J connectivity index is 2.65. The summed E-state index contributed by atoms with van der Waals surface area (Å²) in [6, 6.07) is 0. The molecule has 4 atom stereocenters. The second kappa shape index (κ2) is 3.58. The van der Waals surface area contributed by atoms with Gasteiger partial charge in [0.2, 0.25) is 0 Å². The third kappa shape index (κ3) is 1.70. The van der Waals surface area contributed by atoms with Gasteiger partial charge in [-0.1, -0.05) is 19.1 Å². The first kappa shape index (κ1) is 9.75. The summed E-state index contributed by atoms with van der Waals surface area (Å²) in [4.78, 5) is 0. The summed E-state index contributed by atoms with van der Waals surface area (Å²) >= 11 is 0. The van der Waals surface area contributed by atoms with E-state index < -0.39 is 12.2 Å². The smallest absolute Gasteiger partial charge is 0.0866 e. The van der Waals surface area contributed by atoms with E-state index in [1.165, 1.54) is 0 Å². The summed E-state index contributed by atoms with van der Waals surface area (Å²) in [7, 11) is 0. The van der Waals surface area contributed by atoms with Gasteiger partial charge in [-0.25, -0.2) is 0 Å². The molecule has 0 bridgehead atoms. The zero-order chi connectivity index (χ0) is 9.30. The van der Waals surface area contributed by atoms with Gasteiger partial charge in [0.1, 0.15) is 0 Å². The Hall–Kier alpha value is -0.340. The van der Waals surface area contributed by atoms with Gasteiger partial charge in [-0.05, 0) is 25.7 Å². The zero-order valence-corrected chi connectivity index (χ0v) is 7.83. The summed E-state index contributed by atoms with van der Waals surface area (Å²) in [6.45, 7) is 7.71. The van der Waals surface area contributed by atoms with E-state index in [0.29, 0.717) is 0 Å². The molecule has 0 heterocycles. The molecule has 0 radical (unpaired) electrons. The Bertz CT molecular complexity index is 177. The molecule has 0 spiro atoms. The second-order valence-corrected chi connectivity index (χ2v) is 3.99. The van der Waals surface area contributed by atoms with E-state index in [2.05, 4.69) is 6.58 Å². The molecular formula is C10H18O2. The maximum absolute atomic E-state index is 9.67. The van der Waals surface area contributed by atoms with Crippen LogP contribution in [0, 0.1) is 11.8 Å². The van der Waals surface area contributed by atoms with Gasteiger partial charge in [0, 0.05) is 5.92 Å². The minimum Gasteiger partial charge on any atom is -0.390 e. The molecule has 0 unspecified atom stereocenters. The van der Waals surface area contributed by atoms with E-state index in [0.717, 1.165) is 18.4 Å². The van der Waals surface area contributed by atoms with E-state index in [-0.39, 0.29) is 11.8 Å². The molecule has 70 valence electrons. The van der Waals surface area contributed by atoms with Crippen LogP contribution in [0.1, 0.15) is 26.7 Å². The minimum absolute atomic E-state index is 0.0937. The van der Waals surface area contributed by atoms with E-state index in [9.17, 15) is 10.2 Å². The predicted molar refractivity (Wildman–Crippen MR) is 48.7 cm³/mol. The normalized spacial score (nSPS) is 42.7. The first-order chi connectivity index (χ1) is 5.54. The van der Waals surface area contributed by atoms with Crippen molar-refractivity contribution in [2.45, 2.75) is 38.9 Å². The maximum atomic E-state index is 9.67. The molecule has 1 aliphatic carbocycles. The van der Waals surface area contributed by atoms with Crippen molar-refractivity contribution in [3.8, 4) is 0 Å². The summed E-state index contributed by atoms with van der Waals surface area (Å²) in [5.74, 6) is 0.312. The van der Waals surface area contributed by atoms with Gasteiger partial charge >= 0.3 is 0 Å². The van der Waals surface area contributed by atoms with Crippen molar-refractivity contribution in [2.24, 2.45) is 11.8 Å². The molecule has 1 rings (SSSR count). The Morgan fingerprint density at radius 3 is 2.33 bits per heavy atom. The van der Waals surface area contributed by atoms with Crippen LogP contribution in [-0.4, -0.2) is 22.4 Å². The second-order valence-electron chi connectivity index (χ2n) is 3.99. The van der Waals surface area contributed by atoms with Crippen LogP contribution in [-0.2, 0) is 0 Å². The van der Waals surface area contributed by atoms with Crippen LogP contribution in [0.2, 0.25) is 0 Å². The predicted octanol–water partition coefficient (Wildman–Crippen LogP) is 1.33. The molecule has 0 aromatic heterocycles. The lowest BCUT2D eigenvalue weighted by Crippen LogP contribution is -2.42. The van der Waals surface area contributed by atoms with Crippen LogP contribution in [0.3, 0.4) is 0 Å². The Morgan fingerprint density at radius 1 is 1.25 bits per heavy atom. The van der Waals surface area contributed by atoms with E-state index in [4.69, 9.17) is 0 Å². The van der Waals surface area contributed by atoms with Gasteiger partial charge in [-0.2, -0.15) is 0 Å². The van der Waals surface area contributed by atoms with E-state index >= 15 is 0 Å². The zero-order valence-electron chi connectivity index (χ0n) is 7.83. The quantitative estimate of drug-likeness (QED) is 0.583. The van der Waals surface area contributed by atoms with Crippen molar-refractivity contribution in [3.05, 3.63) is 12.2 Å². The van der Waals surface area contributed by atoms with Crippen LogP contribution in [0.25, 0.3) is 0 Å². The average molecular weight is 170 g/mol. The van der Waals surface area contributed by atoms with Crippen molar-refractivity contribution in [2.75, 3.05) is 0 Å². The number of aliphatic hydroxyl groups is 2. The van der Waals surface area contributed by atoms with Crippen molar-refractivity contribution >= 4 is 0 Å². The Labute approximate surface area is 73.9 Å². The topological polar surface area (TPSA) is 40.5 Å².